The maximum absolute atomic E-state index is 14.1. The van der Waals surface area contributed by atoms with Gasteiger partial charge < -0.3 is 10.3 Å². The zero-order valence-corrected chi connectivity index (χ0v) is 18.2. The third-order valence-corrected chi connectivity index (χ3v) is 6.07. The molecule has 8 heteroatoms. The molecule has 0 saturated heterocycles. The Balaban J connectivity index is 1.54. The van der Waals surface area contributed by atoms with Crippen molar-refractivity contribution in [3.63, 3.8) is 0 Å². The zero-order chi connectivity index (χ0) is 23.3. The molecule has 6 nitrogen and oxygen atoms in total. The lowest BCUT2D eigenvalue weighted by atomic mass is 10.0. The van der Waals surface area contributed by atoms with Gasteiger partial charge in [0, 0.05) is 17.3 Å². The van der Waals surface area contributed by atoms with Crippen LogP contribution in [-0.4, -0.2) is 20.5 Å². The number of carbonyl (C=O) groups is 1. The Labute approximate surface area is 188 Å². The number of rotatable bonds is 5. The minimum absolute atomic E-state index is 0.113. The second kappa shape index (κ2) is 7.95. The van der Waals surface area contributed by atoms with Gasteiger partial charge in [0.2, 0.25) is 0 Å². The number of hydrogen-bond acceptors (Lipinski definition) is 3. The Morgan fingerprint density at radius 3 is 2.58 bits per heavy atom. The second-order valence-electron chi connectivity index (χ2n) is 8.54. The van der Waals surface area contributed by atoms with Crippen LogP contribution in [0.3, 0.4) is 0 Å². The van der Waals surface area contributed by atoms with Crippen LogP contribution >= 0.6 is 0 Å². The van der Waals surface area contributed by atoms with Crippen LogP contribution in [0.1, 0.15) is 58.8 Å². The van der Waals surface area contributed by atoms with Crippen molar-refractivity contribution in [2.45, 2.75) is 38.6 Å². The van der Waals surface area contributed by atoms with Crippen LogP contribution in [0.5, 0.6) is 0 Å². The van der Waals surface area contributed by atoms with E-state index in [0.717, 1.165) is 18.4 Å². The van der Waals surface area contributed by atoms with E-state index in [1.54, 1.807) is 37.4 Å². The molecule has 4 aromatic rings. The van der Waals surface area contributed by atoms with Crippen molar-refractivity contribution in [3.8, 4) is 11.4 Å². The molecule has 0 radical (unpaired) electrons. The van der Waals surface area contributed by atoms with Crippen LogP contribution in [0.15, 0.2) is 53.5 Å². The average molecular weight is 448 g/mol. The number of fused-ring (bicyclic) bond motifs is 1. The van der Waals surface area contributed by atoms with Crippen LogP contribution < -0.4 is 10.9 Å². The highest BCUT2D eigenvalue weighted by molar-refractivity contribution is 5.98. The Morgan fingerprint density at radius 1 is 1.18 bits per heavy atom. The number of aryl methyl sites for hydroxylation is 1. The summed E-state index contributed by atoms with van der Waals surface area (Å²) in [6.45, 7) is 3.47. The Bertz CT molecular complexity index is 1440. The number of carbonyl (C=O) groups excluding carboxylic acids is 1. The Kier molecular flexibility index (Phi) is 5.08. The summed E-state index contributed by atoms with van der Waals surface area (Å²) in [4.78, 5) is 28.9. The highest BCUT2D eigenvalue weighted by Gasteiger charge is 2.33. The average Bonchev–Trinajstić information content (AvgIpc) is 3.55. The molecule has 0 spiro atoms. The fourth-order valence-electron chi connectivity index (χ4n) is 4.06. The fraction of sp³-hybridized carbons (Fsp3) is 0.240. The zero-order valence-electron chi connectivity index (χ0n) is 18.2. The largest absolute Gasteiger partial charge is 0.345 e. The number of hydrogen-bond donors (Lipinski definition) is 2. The molecular weight excluding hydrogens is 426 g/mol. The molecule has 1 aliphatic rings. The van der Waals surface area contributed by atoms with E-state index in [1.165, 1.54) is 22.7 Å². The second-order valence-corrected chi connectivity index (χ2v) is 8.54. The Morgan fingerprint density at radius 2 is 1.91 bits per heavy atom. The summed E-state index contributed by atoms with van der Waals surface area (Å²) < 4.78 is 28.7. The van der Waals surface area contributed by atoms with E-state index in [4.69, 9.17) is 0 Å². The van der Waals surface area contributed by atoms with Crippen molar-refractivity contribution in [1.29, 1.82) is 0 Å². The van der Waals surface area contributed by atoms with Gasteiger partial charge >= 0.3 is 0 Å². The number of amides is 1. The van der Waals surface area contributed by atoms with Crippen LogP contribution in [0.2, 0.25) is 0 Å². The number of nitrogens with zero attached hydrogens (tertiary/aromatic N) is 2. The quantitative estimate of drug-likeness (QED) is 0.467. The molecule has 1 amide bonds. The summed E-state index contributed by atoms with van der Waals surface area (Å²) in [6.07, 6.45) is 3.33. The van der Waals surface area contributed by atoms with Crippen molar-refractivity contribution < 1.29 is 13.6 Å². The lowest BCUT2D eigenvalue weighted by molar-refractivity contribution is 0.0939. The summed E-state index contributed by atoms with van der Waals surface area (Å²) in [5.74, 6) is -0.739. The van der Waals surface area contributed by atoms with Crippen molar-refractivity contribution in [1.82, 2.24) is 19.9 Å². The first-order chi connectivity index (χ1) is 15.8. The maximum atomic E-state index is 14.1. The van der Waals surface area contributed by atoms with E-state index in [2.05, 4.69) is 15.4 Å². The maximum Gasteiger partial charge on any atom is 0.275 e. The van der Waals surface area contributed by atoms with Crippen LogP contribution in [-0.2, 0) is 0 Å². The molecule has 2 aromatic heterocycles. The molecular formula is C25H22F2N4O2. The SMILES string of the molecule is Cc1ccc(-c2nn3cc(C(=O)N[C@H](C)c4ccc(F)cc4)c(C4CC4)c3c(=O)[nH]2)cc1F. The molecule has 33 heavy (non-hydrogen) atoms. The van der Waals surface area contributed by atoms with Crippen molar-refractivity contribution in [2.24, 2.45) is 0 Å². The third kappa shape index (κ3) is 3.92. The number of halogens is 2. The van der Waals surface area contributed by atoms with Gasteiger partial charge in [-0.1, -0.05) is 24.3 Å². The van der Waals surface area contributed by atoms with E-state index < -0.39 is 5.82 Å². The van der Waals surface area contributed by atoms with Crippen LogP contribution in [0.4, 0.5) is 8.78 Å². The predicted molar refractivity (Wildman–Crippen MR) is 120 cm³/mol. The summed E-state index contributed by atoms with van der Waals surface area (Å²) >= 11 is 0. The smallest absolute Gasteiger partial charge is 0.275 e. The molecule has 2 N–H and O–H groups in total. The van der Waals surface area contributed by atoms with Gasteiger partial charge in [-0.05, 0) is 61.9 Å². The lowest BCUT2D eigenvalue weighted by Gasteiger charge is -2.14. The summed E-state index contributed by atoms with van der Waals surface area (Å²) in [5, 5.41) is 7.40. The monoisotopic (exact) mass is 448 g/mol. The standard InChI is InChI=1S/C25H22F2N4O2/c1-13-3-4-17(11-20(13)27)23-29-25(33)22-21(16-5-6-16)19(12-31(22)30-23)24(32)28-14(2)15-7-9-18(26)10-8-15/h3-4,7-12,14,16H,5-6H2,1-2H3,(H,28,32)(H,29,30,33)/t14-/m1/s1. The predicted octanol–water partition coefficient (Wildman–Crippen LogP) is 4.64. The lowest BCUT2D eigenvalue weighted by Crippen LogP contribution is -2.27. The molecule has 0 aliphatic heterocycles. The van der Waals surface area contributed by atoms with Gasteiger partial charge in [0.15, 0.2) is 5.82 Å². The molecule has 2 heterocycles. The van der Waals surface area contributed by atoms with Gasteiger partial charge in [0.25, 0.3) is 11.5 Å². The van der Waals surface area contributed by atoms with Crippen molar-refractivity contribution >= 4 is 11.4 Å². The van der Waals surface area contributed by atoms with Gasteiger partial charge in [0.1, 0.15) is 17.2 Å². The van der Waals surface area contributed by atoms with Gasteiger partial charge in [-0.3, -0.25) is 9.59 Å². The molecule has 168 valence electrons. The first kappa shape index (κ1) is 21.1. The van der Waals surface area contributed by atoms with Gasteiger partial charge in [-0.15, -0.1) is 5.10 Å². The minimum Gasteiger partial charge on any atom is -0.345 e. The van der Waals surface area contributed by atoms with Crippen molar-refractivity contribution in [3.05, 3.63) is 92.9 Å². The number of benzene rings is 2. The van der Waals surface area contributed by atoms with Crippen LogP contribution in [0.25, 0.3) is 16.9 Å². The minimum atomic E-state index is -0.392. The molecule has 1 saturated carbocycles. The van der Waals surface area contributed by atoms with E-state index >= 15 is 0 Å². The third-order valence-electron chi connectivity index (χ3n) is 6.07. The molecule has 1 aliphatic carbocycles. The van der Waals surface area contributed by atoms with E-state index in [-0.39, 0.29) is 35.1 Å². The first-order valence-corrected chi connectivity index (χ1v) is 10.8. The van der Waals surface area contributed by atoms with Gasteiger partial charge in [0.05, 0.1) is 11.6 Å². The van der Waals surface area contributed by atoms with Gasteiger partial charge in [-0.2, -0.15) is 0 Å². The molecule has 1 fully saturated rings. The first-order valence-electron chi connectivity index (χ1n) is 10.8. The van der Waals surface area contributed by atoms with E-state index in [1.807, 2.05) is 6.92 Å². The highest BCUT2D eigenvalue weighted by Crippen LogP contribution is 2.43. The highest BCUT2D eigenvalue weighted by atomic mass is 19.1. The number of aromatic amines is 1. The van der Waals surface area contributed by atoms with Gasteiger partial charge in [-0.25, -0.2) is 13.3 Å². The Hall–Kier alpha value is -3.81. The molecule has 0 unspecified atom stereocenters. The number of aromatic nitrogens is 3. The summed E-state index contributed by atoms with van der Waals surface area (Å²) in [5.41, 5.74) is 2.71. The molecule has 5 rings (SSSR count). The summed E-state index contributed by atoms with van der Waals surface area (Å²) in [6, 6.07) is 10.2. The fourth-order valence-corrected chi connectivity index (χ4v) is 4.06. The van der Waals surface area contributed by atoms with Crippen molar-refractivity contribution in [2.75, 3.05) is 0 Å². The molecule has 0 bridgehead atoms. The van der Waals surface area contributed by atoms with E-state index in [0.29, 0.717) is 27.8 Å². The van der Waals surface area contributed by atoms with E-state index in [9.17, 15) is 18.4 Å². The summed E-state index contributed by atoms with van der Waals surface area (Å²) in [7, 11) is 0. The molecule has 1 atom stereocenters. The van der Waals surface area contributed by atoms with Crippen LogP contribution in [0, 0.1) is 18.6 Å². The normalized spacial score (nSPS) is 14.4. The number of nitrogens with one attached hydrogen (secondary N) is 2. The topological polar surface area (TPSA) is 79.3 Å². The number of H-pyrrole nitrogens is 1. The molecule has 2 aromatic carbocycles.